The number of carbonyl (C=O) groups is 2. The third kappa shape index (κ3) is 3.38. The smallest absolute Gasteiger partial charge is 0.335 e. The quantitative estimate of drug-likeness (QED) is 0.740. The lowest BCUT2D eigenvalue weighted by Gasteiger charge is -2.33. The molecule has 0 aromatic rings. The van der Waals surface area contributed by atoms with Gasteiger partial charge in [-0.2, -0.15) is 0 Å². The molecule has 6 heteroatoms. The highest BCUT2D eigenvalue weighted by Crippen LogP contribution is 2.42. The summed E-state index contributed by atoms with van der Waals surface area (Å²) in [6.07, 6.45) is 1.64. The van der Waals surface area contributed by atoms with Crippen LogP contribution in [0.3, 0.4) is 0 Å². The van der Waals surface area contributed by atoms with E-state index in [2.05, 4.69) is 0 Å². The molecule has 1 saturated heterocycles. The Hall–Kier alpha value is -0.850. The Bertz CT molecular complexity index is 409. The Morgan fingerprint density at radius 1 is 1.37 bits per heavy atom. The standard InChI is InChI=1S/C13H18O5S/c1-3-16-12(15)10-8-13(17-6-7-18-13)5-4-11(10)19-9(2)14/h3-8H2,1-2H3. The largest absolute Gasteiger partial charge is 0.463 e. The van der Waals surface area contributed by atoms with E-state index >= 15 is 0 Å². The Labute approximate surface area is 116 Å². The lowest BCUT2D eigenvalue weighted by atomic mass is 9.93. The summed E-state index contributed by atoms with van der Waals surface area (Å²) in [5.41, 5.74) is 0.523. The van der Waals surface area contributed by atoms with Gasteiger partial charge < -0.3 is 14.2 Å². The minimum atomic E-state index is -0.692. The van der Waals surface area contributed by atoms with Crippen LogP contribution in [-0.4, -0.2) is 36.7 Å². The van der Waals surface area contributed by atoms with Crippen LogP contribution in [0.15, 0.2) is 10.5 Å². The second kappa shape index (κ2) is 6.07. The highest BCUT2D eigenvalue weighted by Gasteiger charge is 2.43. The summed E-state index contributed by atoms with van der Waals surface area (Å²) in [4.78, 5) is 24.1. The highest BCUT2D eigenvalue weighted by atomic mass is 32.2. The average Bonchev–Trinajstić information content (AvgIpc) is 2.80. The molecule has 1 aliphatic heterocycles. The zero-order chi connectivity index (χ0) is 13.9. The van der Waals surface area contributed by atoms with Crippen molar-refractivity contribution in [2.24, 2.45) is 0 Å². The van der Waals surface area contributed by atoms with Gasteiger partial charge in [-0.25, -0.2) is 4.79 Å². The van der Waals surface area contributed by atoms with Crippen molar-refractivity contribution < 1.29 is 23.8 Å². The fourth-order valence-corrected chi connectivity index (χ4v) is 3.17. The summed E-state index contributed by atoms with van der Waals surface area (Å²) in [6.45, 7) is 4.66. The van der Waals surface area contributed by atoms with Crippen molar-refractivity contribution in [1.82, 2.24) is 0 Å². The molecule has 0 saturated carbocycles. The molecule has 0 aromatic carbocycles. The zero-order valence-electron chi connectivity index (χ0n) is 11.2. The summed E-state index contributed by atoms with van der Waals surface area (Å²) in [7, 11) is 0. The number of hydrogen-bond acceptors (Lipinski definition) is 6. The first-order chi connectivity index (χ1) is 9.06. The van der Waals surface area contributed by atoms with Gasteiger partial charge in [-0.1, -0.05) is 11.8 Å². The summed E-state index contributed by atoms with van der Waals surface area (Å²) in [6, 6.07) is 0. The van der Waals surface area contributed by atoms with E-state index in [-0.39, 0.29) is 11.1 Å². The summed E-state index contributed by atoms with van der Waals surface area (Å²) in [5.74, 6) is -1.06. The van der Waals surface area contributed by atoms with Gasteiger partial charge in [0.05, 0.1) is 25.4 Å². The van der Waals surface area contributed by atoms with E-state index in [0.717, 1.165) is 16.7 Å². The molecular weight excluding hydrogens is 268 g/mol. The van der Waals surface area contributed by atoms with Gasteiger partial charge in [-0.05, 0) is 13.3 Å². The third-order valence-corrected chi connectivity index (χ3v) is 4.10. The number of allylic oxidation sites excluding steroid dienone is 1. The molecule has 0 N–H and O–H groups in total. The molecule has 0 radical (unpaired) electrons. The molecule has 0 aromatic heterocycles. The Morgan fingerprint density at radius 3 is 2.63 bits per heavy atom. The van der Waals surface area contributed by atoms with Crippen LogP contribution < -0.4 is 0 Å². The molecule has 0 atom stereocenters. The molecule has 0 bridgehead atoms. The van der Waals surface area contributed by atoms with Crippen LogP contribution in [-0.2, 0) is 23.8 Å². The van der Waals surface area contributed by atoms with Gasteiger partial charge in [0.15, 0.2) is 10.9 Å². The van der Waals surface area contributed by atoms with Crippen molar-refractivity contribution in [3.63, 3.8) is 0 Å². The van der Waals surface area contributed by atoms with E-state index in [1.54, 1.807) is 6.92 Å². The molecule has 0 amide bonds. The molecule has 106 valence electrons. The molecule has 2 aliphatic rings. The predicted molar refractivity (Wildman–Crippen MR) is 70.4 cm³/mol. The number of carbonyl (C=O) groups excluding carboxylic acids is 2. The monoisotopic (exact) mass is 286 g/mol. The van der Waals surface area contributed by atoms with Gasteiger partial charge >= 0.3 is 5.97 Å². The fourth-order valence-electron chi connectivity index (χ4n) is 2.34. The molecule has 1 aliphatic carbocycles. The Morgan fingerprint density at radius 2 is 2.05 bits per heavy atom. The number of ether oxygens (including phenoxy) is 3. The number of hydrogen-bond donors (Lipinski definition) is 0. The number of thioether (sulfide) groups is 1. The SMILES string of the molecule is CCOC(=O)C1=C(SC(C)=O)CCC2(C1)OCCO2. The van der Waals surface area contributed by atoms with E-state index < -0.39 is 5.79 Å². The summed E-state index contributed by atoms with van der Waals surface area (Å²) >= 11 is 1.11. The first-order valence-electron chi connectivity index (χ1n) is 6.42. The van der Waals surface area contributed by atoms with Gasteiger partial charge in [0.2, 0.25) is 0 Å². The zero-order valence-corrected chi connectivity index (χ0v) is 12.0. The van der Waals surface area contributed by atoms with Crippen LogP contribution in [0, 0.1) is 0 Å². The minimum Gasteiger partial charge on any atom is -0.463 e. The first kappa shape index (κ1) is 14.6. The van der Waals surface area contributed by atoms with E-state index in [0.29, 0.717) is 44.7 Å². The molecule has 0 unspecified atom stereocenters. The molecule has 19 heavy (non-hydrogen) atoms. The van der Waals surface area contributed by atoms with Crippen LogP contribution in [0.1, 0.15) is 33.1 Å². The molecule has 1 fully saturated rings. The topological polar surface area (TPSA) is 61.8 Å². The molecular formula is C13H18O5S. The lowest BCUT2D eigenvalue weighted by Crippen LogP contribution is -2.35. The van der Waals surface area contributed by atoms with Gasteiger partial charge in [0.1, 0.15) is 0 Å². The predicted octanol–water partition coefficient (Wildman–Crippen LogP) is 2.01. The minimum absolute atomic E-state index is 0.0268. The first-order valence-corrected chi connectivity index (χ1v) is 7.23. The van der Waals surface area contributed by atoms with E-state index in [1.165, 1.54) is 6.92 Å². The fraction of sp³-hybridized carbons (Fsp3) is 0.692. The van der Waals surface area contributed by atoms with E-state index in [1.807, 2.05) is 0 Å². The molecule has 1 spiro atoms. The average molecular weight is 286 g/mol. The van der Waals surface area contributed by atoms with Crippen molar-refractivity contribution >= 4 is 22.8 Å². The molecule has 5 nitrogen and oxygen atoms in total. The summed E-state index contributed by atoms with van der Waals surface area (Å²) < 4.78 is 16.3. The highest BCUT2D eigenvalue weighted by molar-refractivity contribution is 8.16. The normalized spacial score (nSPS) is 21.8. The maximum absolute atomic E-state index is 12.0. The second-order valence-electron chi connectivity index (χ2n) is 4.50. The van der Waals surface area contributed by atoms with Crippen molar-refractivity contribution in [3.8, 4) is 0 Å². The summed E-state index contributed by atoms with van der Waals surface area (Å²) in [5, 5.41) is -0.0268. The van der Waals surface area contributed by atoms with E-state index in [9.17, 15) is 9.59 Å². The van der Waals surface area contributed by atoms with Gasteiger partial charge in [-0.3, -0.25) is 4.79 Å². The van der Waals surface area contributed by atoms with Crippen molar-refractivity contribution in [2.45, 2.75) is 38.9 Å². The molecule has 1 heterocycles. The van der Waals surface area contributed by atoms with Crippen LogP contribution in [0.2, 0.25) is 0 Å². The van der Waals surface area contributed by atoms with Crippen molar-refractivity contribution in [3.05, 3.63) is 10.5 Å². The second-order valence-corrected chi connectivity index (χ2v) is 5.77. The number of rotatable bonds is 3. The Kier molecular flexibility index (Phi) is 4.65. The van der Waals surface area contributed by atoms with Crippen LogP contribution in [0.5, 0.6) is 0 Å². The van der Waals surface area contributed by atoms with Crippen molar-refractivity contribution in [2.75, 3.05) is 19.8 Å². The van der Waals surface area contributed by atoms with E-state index in [4.69, 9.17) is 14.2 Å². The molecule has 2 rings (SSSR count). The van der Waals surface area contributed by atoms with Crippen LogP contribution in [0.4, 0.5) is 0 Å². The van der Waals surface area contributed by atoms with Crippen LogP contribution >= 0.6 is 11.8 Å². The Balaban J connectivity index is 2.22. The van der Waals surface area contributed by atoms with Crippen LogP contribution in [0.25, 0.3) is 0 Å². The number of esters is 1. The maximum atomic E-state index is 12.0. The maximum Gasteiger partial charge on any atom is 0.335 e. The van der Waals surface area contributed by atoms with Gasteiger partial charge in [0, 0.05) is 24.7 Å². The lowest BCUT2D eigenvalue weighted by molar-refractivity contribution is -0.167. The van der Waals surface area contributed by atoms with Gasteiger partial charge in [-0.15, -0.1) is 0 Å². The van der Waals surface area contributed by atoms with Crippen molar-refractivity contribution in [1.29, 1.82) is 0 Å². The van der Waals surface area contributed by atoms with Gasteiger partial charge in [0.25, 0.3) is 0 Å². The third-order valence-electron chi connectivity index (χ3n) is 3.12.